The molecular formula is C27H27ClFNO2. The Hall–Kier alpha value is -2.85. The van der Waals surface area contributed by atoms with Crippen LogP contribution in [0.25, 0.3) is 0 Å². The third-order valence-electron chi connectivity index (χ3n) is 6.19. The maximum absolute atomic E-state index is 15.0. The Morgan fingerprint density at radius 2 is 1.59 bits per heavy atom. The van der Waals surface area contributed by atoms with Crippen LogP contribution in [-0.2, 0) is 11.8 Å². The van der Waals surface area contributed by atoms with Crippen molar-refractivity contribution in [3.8, 4) is 11.5 Å². The lowest BCUT2D eigenvalue weighted by Gasteiger charge is -2.24. The average molecular weight is 452 g/mol. The van der Waals surface area contributed by atoms with Gasteiger partial charge in [-0.2, -0.15) is 8.97 Å². The van der Waals surface area contributed by atoms with Crippen LogP contribution >= 0.6 is 0 Å². The second kappa shape index (κ2) is 8.25. The maximum Gasteiger partial charge on any atom is 0.242 e. The topological polar surface area (TPSA) is 21.5 Å². The number of hydrogen-bond acceptors (Lipinski definition) is 2. The van der Waals surface area contributed by atoms with Gasteiger partial charge in [-0.3, -0.25) is 0 Å². The van der Waals surface area contributed by atoms with E-state index in [9.17, 15) is 4.39 Å². The fraction of sp³-hybridized carbons (Fsp3) is 0.296. The first-order chi connectivity index (χ1) is 14.8. The van der Waals surface area contributed by atoms with Crippen LogP contribution in [0.15, 0.2) is 60.7 Å². The Labute approximate surface area is 194 Å². The molecule has 166 valence electrons. The van der Waals surface area contributed by atoms with Gasteiger partial charge in [0, 0.05) is 18.1 Å². The number of ether oxygens (including phenoxy) is 2. The molecule has 3 aromatic carbocycles. The first-order valence-corrected chi connectivity index (χ1v) is 10.8. The summed E-state index contributed by atoms with van der Waals surface area (Å²) in [5.41, 5.74) is 6.24. The molecule has 0 N–H and O–H groups in total. The predicted octanol–water partition coefficient (Wildman–Crippen LogP) is 2.98. The predicted molar refractivity (Wildman–Crippen MR) is 120 cm³/mol. The molecule has 32 heavy (non-hydrogen) atoms. The fourth-order valence-corrected chi connectivity index (χ4v) is 4.56. The quantitative estimate of drug-likeness (QED) is 0.559. The van der Waals surface area contributed by atoms with Gasteiger partial charge in [0.05, 0.1) is 5.56 Å². The molecule has 0 amide bonds. The second-order valence-electron chi connectivity index (χ2n) is 9.41. The summed E-state index contributed by atoms with van der Waals surface area (Å²) in [5, 5.41) is 0. The summed E-state index contributed by atoms with van der Waals surface area (Å²) in [6.45, 7) is 9.00. The summed E-state index contributed by atoms with van der Waals surface area (Å²) < 4.78 is 28.4. The molecule has 0 saturated carbocycles. The van der Waals surface area contributed by atoms with E-state index < -0.39 is 0 Å². The number of benzene rings is 3. The Balaban J connectivity index is 0.00000245. The van der Waals surface area contributed by atoms with Gasteiger partial charge >= 0.3 is 0 Å². The molecule has 0 fully saturated rings. The van der Waals surface area contributed by atoms with E-state index in [1.807, 2.05) is 18.2 Å². The standard InChI is InChI=1S/C27H27FNO2.ClH/c1-17-13-19-14-24-25(31-16-30-24)15-21(19)26(29(17)23-8-6-5-7-22(23)28)18-9-11-20(12-10-18)27(2,3)4;/h5-12,14-15,17H,13,16H2,1-4H3;1H/q+1;/p-1. The molecule has 2 heterocycles. The maximum atomic E-state index is 15.0. The van der Waals surface area contributed by atoms with Gasteiger partial charge in [0.2, 0.25) is 18.2 Å². The highest BCUT2D eigenvalue weighted by Gasteiger charge is 2.37. The van der Waals surface area contributed by atoms with Crippen LogP contribution in [0.1, 0.15) is 49.9 Å². The molecule has 5 rings (SSSR count). The van der Waals surface area contributed by atoms with E-state index in [0.29, 0.717) is 5.69 Å². The summed E-state index contributed by atoms with van der Waals surface area (Å²) in [5.74, 6) is 1.31. The first kappa shape index (κ1) is 22.3. The highest BCUT2D eigenvalue weighted by Crippen LogP contribution is 2.39. The number of fused-ring (bicyclic) bond motifs is 2. The van der Waals surface area contributed by atoms with Crippen LogP contribution in [0.5, 0.6) is 11.5 Å². The summed E-state index contributed by atoms with van der Waals surface area (Å²) in [7, 11) is 0. The second-order valence-corrected chi connectivity index (χ2v) is 9.41. The minimum atomic E-state index is -0.220. The van der Waals surface area contributed by atoms with E-state index in [1.165, 1.54) is 17.2 Å². The monoisotopic (exact) mass is 451 g/mol. The fourth-order valence-electron chi connectivity index (χ4n) is 4.56. The Bertz CT molecular complexity index is 1200. The molecule has 1 unspecified atom stereocenters. The van der Waals surface area contributed by atoms with E-state index in [4.69, 9.17) is 9.47 Å². The van der Waals surface area contributed by atoms with Crippen LogP contribution in [0.4, 0.5) is 10.1 Å². The molecule has 5 heteroatoms. The summed E-state index contributed by atoms with van der Waals surface area (Å²) >= 11 is 0. The van der Waals surface area contributed by atoms with Crippen molar-refractivity contribution in [1.82, 2.24) is 0 Å². The van der Waals surface area contributed by atoms with E-state index in [0.717, 1.165) is 34.8 Å². The van der Waals surface area contributed by atoms with Crippen LogP contribution in [0.2, 0.25) is 0 Å². The lowest BCUT2D eigenvalue weighted by Crippen LogP contribution is -3.00. The van der Waals surface area contributed by atoms with Crippen LogP contribution in [0, 0.1) is 5.82 Å². The molecule has 3 nitrogen and oxygen atoms in total. The van der Waals surface area contributed by atoms with Gasteiger partial charge in [-0.15, -0.1) is 0 Å². The number of hydrogen-bond donors (Lipinski definition) is 0. The van der Waals surface area contributed by atoms with Gasteiger partial charge in [0.25, 0.3) is 0 Å². The minimum absolute atomic E-state index is 0. The van der Waals surface area contributed by atoms with Gasteiger partial charge in [-0.05, 0) is 53.8 Å². The van der Waals surface area contributed by atoms with E-state index in [2.05, 4.69) is 62.6 Å². The summed E-state index contributed by atoms with van der Waals surface area (Å²) in [4.78, 5) is 0. The lowest BCUT2D eigenvalue weighted by molar-refractivity contribution is -0.483. The molecule has 2 aliphatic rings. The van der Waals surface area contributed by atoms with Gasteiger partial charge in [0.1, 0.15) is 0 Å². The van der Waals surface area contributed by atoms with E-state index in [-0.39, 0.29) is 36.5 Å². The van der Waals surface area contributed by atoms with Crippen molar-refractivity contribution in [2.45, 2.75) is 45.6 Å². The molecular weight excluding hydrogens is 425 g/mol. The summed E-state index contributed by atoms with van der Waals surface area (Å²) in [6.07, 6.45) is 0.796. The molecule has 3 aromatic rings. The molecule has 2 aliphatic heterocycles. The van der Waals surface area contributed by atoms with Crippen LogP contribution < -0.4 is 21.9 Å². The van der Waals surface area contributed by atoms with Crippen molar-refractivity contribution < 1.29 is 30.8 Å². The molecule has 0 spiro atoms. The van der Waals surface area contributed by atoms with Crippen molar-refractivity contribution in [1.29, 1.82) is 0 Å². The van der Waals surface area contributed by atoms with Crippen molar-refractivity contribution >= 4 is 11.4 Å². The van der Waals surface area contributed by atoms with Crippen molar-refractivity contribution in [3.63, 3.8) is 0 Å². The largest absolute Gasteiger partial charge is 1.00 e. The van der Waals surface area contributed by atoms with Gasteiger partial charge in [-0.1, -0.05) is 45.0 Å². The molecule has 0 aliphatic carbocycles. The zero-order chi connectivity index (χ0) is 21.8. The normalized spacial score (nSPS) is 17.1. The van der Waals surface area contributed by atoms with Crippen molar-refractivity contribution in [2.75, 3.05) is 6.79 Å². The third-order valence-corrected chi connectivity index (χ3v) is 6.19. The molecule has 1 atom stereocenters. The molecule has 0 aromatic heterocycles. The number of halogens is 2. The summed E-state index contributed by atoms with van der Waals surface area (Å²) in [6, 6.07) is 19.9. The van der Waals surface area contributed by atoms with Crippen molar-refractivity contribution in [3.05, 3.63) is 88.7 Å². The van der Waals surface area contributed by atoms with Crippen LogP contribution in [-0.4, -0.2) is 23.1 Å². The SMILES string of the molecule is CC1Cc2cc3c(cc2C(c2ccc(C(C)(C)C)cc2)=[N+]1c1ccccc1F)OCO3.[Cl-]. The van der Waals surface area contributed by atoms with E-state index in [1.54, 1.807) is 6.07 Å². The molecule has 0 saturated heterocycles. The average Bonchev–Trinajstić information content (AvgIpc) is 3.19. The van der Waals surface area contributed by atoms with Gasteiger partial charge < -0.3 is 21.9 Å². The Morgan fingerprint density at radius 1 is 0.938 bits per heavy atom. The zero-order valence-electron chi connectivity index (χ0n) is 18.8. The highest BCUT2D eigenvalue weighted by atomic mass is 35.5. The first-order valence-electron chi connectivity index (χ1n) is 10.8. The molecule has 0 radical (unpaired) electrons. The smallest absolute Gasteiger partial charge is 0.242 e. The lowest BCUT2D eigenvalue weighted by atomic mass is 9.84. The minimum Gasteiger partial charge on any atom is -1.00 e. The van der Waals surface area contributed by atoms with Crippen LogP contribution in [0.3, 0.4) is 0 Å². The number of nitrogens with zero attached hydrogens (tertiary/aromatic N) is 1. The molecule has 0 bridgehead atoms. The third kappa shape index (κ3) is 3.77. The van der Waals surface area contributed by atoms with Gasteiger partial charge in [-0.25, -0.2) is 0 Å². The number of para-hydroxylation sites is 1. The van der Waals surface area contributed by atoms with E-state index >= 15 is 0 Å². The highest BCUT2D eigenvalue weighted by molar-refractivity contribution is 6.12. The van der Waals surface area contributed by atoms with Gasteiger partial charge in [0.15, 0.2) is 23.4 Å². The zero-order valence-corrected chi connectivity index (χ0v) is 19.5. The van der Waals surface area contributed by atoms with Crippen molar-refractivity contribution in [2.24, 2.45) is 0 Å². The Kier molecular flexibility index (Phi) is 5.76. The Morgan fingerprint density at radius 3 is 2.25 bits per heavy atom. The number of rotatable bonds is 2.